The van der Waals surface area contributed by atoms with Gasteiger partial charge in [-0.3, -0.25) is 0 Å². The number of carbonyl (C=O) groups excluding carboxylic acids is 1. The van der Waals surface area contributed by atoms with Gasteiger partial charge in [0.05, 0.1) is 11.2 Å². The van der Waals surface area contributed by atoms with E-state index in [1.54, 1.807) is 10.3 Å². The summed E-state index contributed by atoms with van der Waals surface area (Å²) in [5, 5.41) is 13.3. The monoisotopic (exact) mass is 345 g/mol. The standard InChI is InChI=1S/C11H12BrN3O3S/c12-7-1-3-15(4-2-7)11(18)14-9(10(16)17)8-5-19-6-13-8/h1,5-6,9H,2-4H2,(H,14,18)(H,16,17). The Morgan fingerprint density at radius 3 is 2.89 bits per heavy atom. The van der Waals surface area contributed by atoms with E-state index in [2.05, 4.69) is 26.2 Å². The Hall–Kier alpha value is -1.41. The maximum absolute atomic E-state index is 12.0. The number of carboxylic acids is 1. The Bertz CT molecular complexity index is 503. The molecule has 2 N–H and O–H groups in total. The van der Waals surface area contributed by atoms with E-state index in [0.717, 1.165) is 10.9 Å². The highest BCUT2D eigenvalue weighted by atomic mass is 79.9. The van der Waals surface area contributed by atoms with E-state index < -0.39 is 18.0 Å². The van der Waals surface area contributed by atoms with Gasteiger partial charge in [0.25, 0.3) is 0 Å². The fourth-order valence-electron chi connectivity index (χ4n) is 1.67. The number of amides is 2. The Labute approximate surface area is 122 Å². The van der Waals surface area contributed by atoms with E-state index in [9.17, 15) is 9.59 Å². The lowest BCUT2D eigenvalue weighted by molar-refractivity contribution is -0.139. The average Bonchev–Trinajstić information content (AvgIpc) is 2.89. The summed E-state index contributed by atoms with van der Waals surface area (Å²) in [6.07, 6.45) is 2.63. The lowest BCUT2D eigenvalue weighted by Crippen LogP contribution is -2.45. The van der Waals surface area contributed by atoms with Crippen LogP contribution in [0.15, 0.2) is 21.4 Å². The molecule has 8 heteroatoms. The number of urea groups is 1. The topological polar surface area (TPSA) is 82.5 Å². The summed E-state index contributed by atoms with van der Waals surface area (Å²) < 4.78 is 1.06. The summed E-state index contributed by atoms with van der Waals surface area (Å²) in [6, 6.07) is -1.50. The summed E-state index contributed by atoms with van der Waals surface area (Å²) in [7, 11) is 0. The van der Waals surface area contributed by atoms with Crippen LogP contribution in [0.2, 0.25) is 0 Å². The molecule has 2 amide bonds. The summed E-state index contributed by atoms with van der Waals surface area (Å²) >= 11 is 4.66. The smallest absolute Gasteiger partial charge is 0.332 e. The molecule has 0 spiro atoms. The molecule has 0 radical (unpaired) electrons. The maximum atomic E-state index is 12.0. The van der Waals surface area contributed by atoms with Crippen molar-refractivity contribution in [2.24, 2.45) is 0 Å². The maximum Gasteiger partial charge on any atom is 0.332 e. The summed E-state index contributed by atoms with van der Waals surface area (Å²) in [6.45, 7) is 1.03. The third-order valence-electron chi connectivity index (χ3n) is 2.70. The molecule has 6 nitrogen and oxygen atoms in total. The van der Waals surface area contributed by atoms with Crippen LogP contribution in [0.3, 0.4) is 0 Å². The van der Waals surface area contributed by atoms with Gasteiger partial charge in [-0.05, 0) is 10.9 Å². The van der Waals surface area contributed by atoms with Crippen LogP contribution in [0.5, 0.6) is 0 Å². The fraction of sp³-hybridized carbons (Fsp3) is 0.364. The van der Waals surface area contributed by atoms with Crippen LogP contribution < -0.4 is 5.32 Å². The predicted molar refractivity (Wildman–Crippen MR) is 74.2 cm³/mol. The highest BCUT2D eigenvalue weighted by molar-refractivity contribution is 9.11. The molecule has 0 aromatic carbocycles. The zero-order valence-electron chi connectivity index (χ0n) is 9.88. The molecule has 1 unspecified atom stereocenters. The SMILES string of the molecule is O=C(O)C(NC(=O)N1CC=C(Br)CC1)c1cscn1. The van der Waals surface area contributed by atoms with Crippen LogP contribution >= 0.6 is 27.3 Å². The molecule has 1 atom stereocenters. The molecular weight excluding hydrogens is 334 g/mol. The van der Waals surface area contributed by atoms with Crippen molar-refractivity contribution in [2.75, 3.05) is 13.1 Å². The van der Waals surface area contributed by atoms with Crippen molar-refractivity contribution in [1.82, 2.24) is 15.2 Å². The van der Waals surface area contributed by atoms with Crippen molar-refractivity contribution in [3.05, 3.63) is 27.1 Å². The van der Waals surface area contributed by atoms with Crippen LogP contribution in [-0.4, -0.2) is 40.1 Å². The molecule has 0 saturated heterocycles. The number of halogens is 1. The van der Waals surface area contributed by atoms with Gasteiger partial charge in [-0.1, -0.05) is 22.0 Å². The molecule has 1 aliphatic rings. The highest BCUT2D eigenvalue weighted by Crippen LogP contribution is 2.18. The quantitative estimate of drug-likeness (QED) is 0.877. The predicted octanol–water partition coefficient (Wildman–Crippen LogP) is 1.96. The van der Waals surface area contributed by atoms with Crippen molar-refractivity contribution >= 4 is 39.3 Å². The zero-order valence-corrected chi connectivity index (χ0v) is 12.3. The minimum absolute atomic E-state index is 0.347. The Kier molecular flexibility index (Phi) is 4.54. The minimum atomic E-state index is -1.12. The second-order valence-electron chi connectivity index (χ2n) is 3.98. The van der Waals surface area contributed by atoms with Gasteiger partial charge in [0.15, 0.2) is 6.04 Å². The zero-order chi connectivity index (χ0) is 13.8. The van der Waals surface area contributed by atoms with Crippen molar-refractivity contribution in [3.63, 3.8) is 0 Å². The number of nitrogens with zero attached hydrogens (tertiary/aromatic N) is 2. The largest absolute Gasteiger partial charge is 0.479 e. The van der Waals surface area contributed by atoms with Gasteiger partial charge in [0, 0.05) is 18.5 Å². The Morgan fingerprint density at radius 2 is 2.37 bits per heavy atom. The number of carboxylic acid groups (broad SMARTS) is 1. The van der Waals surface area contributed by atoms with E-state index >= 15 is 0 Å². The second kappa shape index (κ2) is 6.16. The van der Waals surface area contributed by atoms with Gasteiger partial charge < -0.3 is 15.3 Å². The fourth-order valence-corrected chi connectivity index (χ4v) is 2.57. The molecule has 19 heavy (non-hydrogen) atoms. The summed E-state index contributed by atoms with van der Waals surface area (Å²) in [4.78, 5) is 28.7. The minimum Gasteiger partial charge on any atom is -0.479 e. The van der Waals surface area contributed by atoms with Gasteiger partial charge in [-0.15, -0.1) is 11.3 Å². The average molecular weight is 346 g/mol. The molecule has 2 rings (SSSR count). The first-order valence-electron chi connectivity index (χ1n) is 5.59. The van der Waals surface area contributed by atoms with Gasteiger partial charge >= 0.3 is 12.0 Å². The Balaban J connectivity index is 2.02. The van der Waals surface area contributed by atoms with Crippen molar-refractivity contribution < 1.29 is 14.7 Å². The number of hydrogen-bond donors (Lipinski definition) is 2. The first-order chi connectivity index (χ1) is 9.08. The number of hydrogen-bond acceptors (Lipinski definition) is 4. The molecule has 0 aliphatic carbocycles. The number of aliphatic carboxylic acids is 1. The number of aromatic nitrogens is 1. The number of rotatable bonds is 3. The number of thiazole rings is 1. The summed E-state index contributed by atoms with van der Waals surface area (Å²) in [5.74, 6) is -1.12. The van der Waals surface area contributed by atoms with Gasteiger partial charge in [0.2, 0.25) is 0 Å². The molecule has 1 aromatic rings. The first-order valence-corrected chi connectivity index (χ1v) is 7.32. The van der Waals surface area contributed by atoms with E-state index in [0.29, 0.717) is 18.8 Å². The molecule has 102 valence electrons. The normalized spacial score (nSPS) is 16.7. The third-order valence-corrected chi connectivity index (χ3v) is 4.03. The molecule has 0 bridgehead atoms. The summed E-state index contributed by atoms with van der Waals surface area (Å²) in [5.41, 5.74) is 1.89. The molecule has 0 saturated carbocycles. The van der Waals surface area contributed by atoms with Gasteiger partial charge in [-0.25, -0.2) is 14.6 Å². The van der Waals surface area contributed by atoms with Crippen molar-refractivity contribution in [2.45, 2.75) is 12.5 Å². The van der Waals surface area contributed by atoms with Crippen LogP contribution in [0, 0.1) is 0 Å². The van der Waals surface area contributed by atoms with Crippen LogP contribution in [0.25, 0.3) is 0 Å². The second-order valence-corrected chi connectivity index (χ2v) is 5.72. The van der Waals surface area contributed by atoms with E-state index in [-0.39, 0.29) is 0 Å². The highest BCUT2D eigenvalue weighted by Gasteiger charge is 2.26. The van der Waals surface area contributed by atoms with Crippen LogP contribution in [0.4, 0.5) is 4.79 Å². The van der Waals surface area contributed by atoms with Crippen molar-refractivity contribution in [1.29, 1.82) is 0 Å². The molecule has 1 aliphatic heterocycles. The lowest BCUT2D eigenvalue weighted by Gasteiger charge is -2.26. The third kappa shape index (κ3) is 3.54. The van der Waals surface area contributed by atoms with Crippen LogP contribution in [-0.2, 0) is 4.79 Å². The van der Waals surface area contributed by atoms with Crippen molar-refractivity contribution in [3.8, 4) is 0 Å². The Morgan fingerprint density at radius 1 is 1.58 bits per heavy atom. The molecule has 2 heterocycles. The van der Waals surface area contributed by atoms with Crippen LogP contribution in [0.1, 0.15) is 18.2 Å². The lowest BCUT2D eigenvalue weighted by atomic mass is 10.2. The molecule has 1 aromatic heterocycles. The molecular formula is C11H12BrN3O3S. The van der Waals surface area contributed by atoms with Gasteiger partial charge in [-0.2, -0.15) is 0 Å². The van der Waals surface area contributed by atoms with E-state index in [1.165, 1.54) is 16.8 Å². The van der Waals surface area contributed by atoms with E-state index in [1.807, 2.05) is 6.08 Å². The molecule has 0 fully saturated rings. The number of nitrogens with one attached hydrogen (secondary N) is 1. The first kappa shape index (κ1) is 14.0. The van der Waals surface area contributed by atoms with Gasteiger partial charge in [0.1, 0.15) is 0 Å². The number of carbonyl (C=O) groups is 2. The van der Waals surface area contributed by atoms with E-state index in [4.69, 9.17) is 5.11 Å².